The van der Waals surface area contributed by atoms with Gasteiger partial charge in [-0.05, 0) is 85.1 Å². The van der Waals surface area contributed by atoms with Crippen LogP contribution in [-0.4, -0.2) is 22.6 Å². The Labute approximate surface area is 227 Å². The van der Waals surface area contributed by atoms with Crippen LogP contribution in [0.3, 0.4) is 0 Å². The minimum atomic E-state index is -0.346. The molecule has 4 rings (SSSR count). The molecule has 0 aliphatic carbocycles. The molecule has 0 saturated carbocycles. The zero-order valence-electron chi connectivity index (χ0n) is 21.1. The average Bonchev–Trinajstić information content (AvgIpc) is 3.33. The van der Waals surface area contributed by atoms with Gasteiger partial charge in [-0.3, -0.25) is 10.1 Å². The molecule has 0 radical (unpaired) electrons. The maximum Gasteiger partial charge on any atom is 0.257 e. The van der Waals surface area contributed by atoms with Crippen LogP contribution in [0, 0.1) is 0 Å². The van der Waals surface area contributed by atoms with E-state index >= 15 is 0 Å². The number of nitrogens with zero attached hydrogens (tertiary/aromatic N) is 1. The van der Waals surface area contributed by atoms with Gasteiger partial charge < -0.3 is 14.5 Å². The number of fused-ring (bicyclic) bond motifs is 1. The second-order valence-corrected chi connectivity index (χ2v) is 9.70. The van der Waals surface area contributed by atoms with Crippen molar-refractivity contribution in [2.45, 2.75) is 46.0 Å². The van der Waals surface area contributed by atoms with Gasteiger partial charge in [-0.1, -0.05) is 50.9 Å². The molecule has 1 amide bonds. The van der Waals surface area contributed by atoms with Crippen molar-refractivity contribution in [1.29, 1.82) is 0 Å². The normalized spacial score (nSPS) is 11.8. The number of hydrogen-bond acceptors (Lipinski definition) is 5. The molecule has 6 nitrogen and oxygen atoms in total. The van der Waals surface area contributed by atoms with Gasteiger partial charge in [0.1, 0.15) is 11.3 Å². The number of halogens is 1. The average molecular weight is 536 g/mol. The van der Waals surface area contributed by atoms with Gasteiger partial charge in [0.2, 0.25) is 5.89 Å². The summed E-state index contributed by atoms with van der Waals surface area (Å²) >= 11 is 11.8. The maximum absolute atomic E-state index is 12.7. The predicted octanol–water partition coefficient (Wildman–Crippen LogP) is 7.97. The van der Waals surface area contributed by atoms with Gasteiger partial charge in [-0.25, -0.2) is 4.98 Å². The molecule has 1 heterocycles. The Morgan fingerprint density at radius 3 is 2.76 bits per heavy atom. The van der Waals surface area contributed by atoms with E-state index in [-0.39, 0.29) is 11.0 Å². The highest BCUT2D eigenvalue weighted by molar-refractivity contribution is 7.80. The molecule has 0 unspecified atom stereocenters. The molecule has 0 spiro atoms. The molecule has 2 N–H and O–H groups in total. The summed E-state index contributed by atoms with van der Waals surface area (Å²) in [5, 5.41) is 6.28. The Bertz CT molecular complexity index is 1420. The molecule has 1 atom stereocenters. The molecule has 1 aromatic heterocycles. The number of hydrogen-bond donors (Lipinski definition) is 2. The van der Waals surface area contributed by atoms with Crippen molar-refractivity contribution in [3.05, 3.63) is 76.8 Å². The lowest BCUT2D eigenvalue weighted by Crippen LogP contribution is -2.34. The summed E-state index contributed by atoms with van der Waals surface area (Å²) in [5.41, 5.74) is 4.47. The first kappa shape index (κ1) is 26.6. The second-order valence-electron chi connectivity index (χ2n) is 8.89. The fourth-order valence-corrected chi connectivity index (χ4v) is 4.12. The molecular formula is C29H30ClN3O3S. The second kappa shape index (κ2) is 12.2. The number of anilines is 1. The Morgan fingerprint density at radius 1 is 1.14 bits per heavy atom. The highest BCUT2D eigenvalue weighted by atomic mass is 35.5. The summed E-state index contributed by atoms with van der Waals surface area (Å²) in [5.74, 6) is 1.22. The first-order valence-electron chi connectivity index (χ1n) is 12.4. The summed E-state index contributed by atoms with van der Waals surface area (Å²) in [7, 11) is 0. The fourth-order valence-electron chi connectivity index (χ4n) is 3.75. The topological polar surface area (TPSA) is 76.4 Å². The van der Waals surface area contributed by atoms with Crippen LogP contribution in [0.2, 0.25) is 5.02 Å². The summed E-state index contributed by atoms with van der Waals surface area (Å²) in [6.07, 6.45) is 3.04. The van der Waals surface area contributed by atoms with E-state index in [1.54, 1.807) is 30.3 Å². The van der Waals surface area contributed by atoms with Crippen molar-refractivity contribution < 1.29 is 13.9 Å². The van der Waals surface area contributed by atoms with E-state index in [1.165, 1.54) is 5.56 Å². The molecule has 0 aliphatic heterocycles. The van der Waals surface area contributed by atoms with Crippen LogP contribution in [-0.2, 0) is 0 Å². The number of nitrogens with one attached hydrogen (secondary N) is 2. The van der Waals surface area contributed by atoms with Gasteiger partial charge in [0, 0.05) is 11.1 Å². The van der Waals surface area contributed by atoms with Crippen LogP contribution < -0.4 is 15.4 Å². The van der Waals surface area contributed by atoms with Crippen LogP contribution in [0.25, 0.3) is 22.6 Å². The molecular weight excluding hydrogens is 506 g/mol. The van der Waals surface area contributed by atoms with Crippen molar-refractivity contribution in [3.8, 4) is 17.2 Å². The van der Waals surface area contributed by atoms with Gasteiger partial charge >= 0.3 is 0 Å². The molecule has 8 heteroatoms. The number of ether oxygens (including phenoxy) is 1. The van der Waals surface area contributed by atoms with E-state index in [0.29, 0.717) is 40.4 Å². The van der Waals surface area contributed by atoms with E-state index < -0.39 is 0 Å². The smallest absolute Gasteiger partial charge is 0.257 e. The van der Waals surface area contributed by atoms with Crippen LogP contribution in [0.4, 0.5) is 5.69 Å². The summed E-state index contributed by atoms with van der Waals surface area (Å²) in [6, 6.07) is 18.5. The summed E-state index contributed by atoms with van der Waals surface area (Å²) in [4.78, 5) is 17.4. The van der Waals surface area contributed by atoms with Gasteiger partial charge in [0.05, 0.1) is 17.3 Å². The lowest BCUT2D eigenvalue weighted by molar-refractivity contribution is 0.0977. The largest absolute Gasteiger partial charge is 0.494 e. The zero-order chi connectivity index (χ0) is 26.4. The maximum atomic E-state index is 12.7. The quantitative estimate of drug-likeness (QED) is 0.167. The summed E-state index contributed by atoms with van der Waals surface area (Å²) < 4.78 is 11.7. The Morgan fingerprint density at radius 2 is 1.97 bits per heavy atom. The molecule has 0 fully saturated rings. The highest BCUT2D eigenvalue weighted by Gasteiger charge is 2.14. The van der Waals surface area contributed by atoms with Crippen molar-refractivity contribution >= 4 is 51.6 Å². The fraction of sp³-hybridized carbons (Fsp3) is 0.276. The molecule has 4 aromatic rings. The van der Waals surface area contributed by atoms with E-state index in [0.717, 1.165) is 35.9 Å². The zero-order valence-corrected chi connectivity index (χ0v) is 22.7. The minimum Gasteiger partial charge on any atom is -0.494 e. The van der Waals surface area contributed by atoms with Crippen molar-refractivity contribution in [1.82, 2.24) is 10.3 Å². The first-order chi connectivity index (χ1) is 17.9. The number of carbonyl (C=O) groups excluding carboxylic acids is 1. The van der Waals surface area contributed by atoms with Crippen molar-refractivity contribution in [2.24, 2.45) is 0 Å². The van der Waals surface area contributed by atoms with Crippen LogP contribution in [0.15, 0.2) is 65.1 Å². The Kier molecular flexibility index (Phi) is 8.79. The molecule has 192 valence electrons. The monoisotopic (exact) mass is 535 g/mol. The lowest BCUT2D eigenvalue weighted by atomic mass is 9.98. The number of benzene rings is 3. The van der Waals surface area contributed by atoms with E-state index in [4.69, 9.17) is 33.0 Å². The van der Waals surface area contributed by atoms with Crippen LogP contribution >= 0.6 is 23.8 Å². The van der Waals surface area contributed by atoms with E-state index in [9.17, 15) is 4.79 Å². The molecule has 3 aromatic carbocycles. The minimum absolute atomic E-state index is 0.122. The van der Waals surface area contributed by atoms with Gasteiger partial charge in [0.25, 0.3) is 5.91 Å². The third kappa shape index (κ3) is 6.67. The number of oxazole rings is 1. The number of amides is 1. The SMILES string of the molecule is CCCCOc1cccc(C(=O)NC(=S)Nc2cc(-c3nc4cc([C@H](C)CC)ccc4o3)ccc2Cl)c1. The van der Waals surface area contributed by atoms with Gasteiger partial charge in [0.15, 0.2) is 10.7 Å². The lowest BCUT2D eigenvalue weighted by Gasteiger charge is -2.12. The van der Waals surface area contributed by atoms with E-state index in [1.807, 2.05) is 18.2 Å². The Balaban J connectivity index is 1.46. The first-order valence-corrected chi connectivity index (χ1v) is 13.2. The third-order valence-corrected chi connectivity index (χ3v) is 6.68. The van der Waals surface area contributed by atoms with Crippen LogP contribution in [0.5, 0.6) is 5.75 Å². The number of unbranched alkanes of at least 4 members (excludes halogenated alkanes) is 1. The molecule has 0 aliphatic rings. The number of rotatable bonds is 9. The summed E-state index contributed by atoms with van der Waals surface area (Å²) in [6.45, 7) is 7.06. The van der Waals surface area contributed by atoms with Gasteiger partial charge in [-0.2, -0.15) is 0 Å². The van der Waals surface area contributed by atoms with Crippen LogP contribution in [0.1, 0.15) is 61.9 Å². The standard InChI is InChI=1S/C29H30ClN3O3S/c1-4-6-14-35-22-9-7-8-20(15-22)27(34)33-29(37)32-24-17-21(10-12-23(24)30)28-31-25-16-19(18(3)5-2)11-13-26(25)36-28/h7-13,15-18H,4-6,14H2,1-3H3,(H2,32,33,34,37)/t18-/m1/s1. The molecule has 0 bridgehead atoms. The van der Waals surface area contributed by atoms with E-state index in [2.05, 4.69) is 48.5 Å². The third-order valence-electron chi connectivity index (χ3n) is 6.14. The van der Waals surface area contributed by atoms with Crippen molar-refractivity contribution in [3.63, 3.8) is 0 Å². The number of thiocarbonyl (C=S) groups is 1. The Hall–Kier alpha value is -3.42. The predicted molar refractivity (Wildman–Crippen MR) is 154 cm³/mol. The van der Waals surface area contributed by atoms with Crippen molar-refractivity contribution in [2.75, 3.05) is 11.9 Å². The van der Waals surface area contributed by atoms with Gasteiger partial charge in [-0.15, -0.1) is 0 Å². The number of carbonyl (C=O) groups is 1. The molecule has 0 saturated heterocycles. The number of aromatic nitrogens is 1. The highest BCUT2D eigenvalue weighted by Crippen LogP contribution is 2.32. The molecule has 37 heavy (non-hydrogen) atoms.